The summed E-state index contributed by atoms with van der Waals surface area (Å²) in [4.78, 5) is 4.41. The first-order valence-corrected chi connectivity index (χ1v) is 8.60. The van der Waals surface area contributed by atoms with Crippen molar-refractivity contribution in [3.05, 3.63) is 42.1 Å². The molecule has 1 aliphatic rings. The molecule has 2 nitrogen and oxygen atoms in total. The lowest BCUT2D eigenvalue weighted by atomic mass is 10.0. The van der Waals surface area contributed by atoms with Crippen LogP contribution in [0, 0.1) is 0 Å². The molecule has 1 aromatic heterocycles. The van der Waals surface area contributed by atoms with Crippen LogP contribution >= 0.6 is 11.8 Å². The minimum absolute atomic E-state index is 0.106. The second kappa shape index (κ2) is 6.59. The van der Waals surface area contributed by atoms with Crippen molar-refractivity contribution in [2.24, 2.45) is 5.73 Å². The molecule has 1 atom stereocenters. The summed E-state index contributed by atoms with van der Waals surface area (Å²) in [6, 6.07) is 10.5. The van der Waals surface area contributed by atoms with Crippen LogP contribution in [0.5, 0.6) is 0 Å². The molecular formula is C17H22N2S. The highest BCUT2D eigenvalue weighted by atomic mass is 32.2. The topological polar surface area (TPSA) is 38.9 Å². The standard InChI is InChI=1S/C17H22N2S/c18-16(12-20-13-6-2-1-3-7-13)14-8-4-10-17-15(14)9-5-11-19-17/h4-5,8-11,13,16H,1-3,6-7,12,18H2. The summed E-state index contributed by atoms with van der Waals surface area (Å²) in [5.41, 5.74) is 8.71. The summed E-state index contributed by atoms with van der Waals surface area (Å²) in [6.45, 7) is 0. The van der Waals surface area contributed by atoms with Gasteiger partial charge in [-0.3, -0.25) is 4.98 Å². The molecule has 1 unspecified atom stereocenters. The van der Waals surface area contributed by atoms with Gasteiger partial charge in [0.1, 0.15) is 0 Å². The highest BCUT2D eigenvalue weighted by Crippen LogP contribution is 2.31. The van der Waals surface area contributed by atoms with Crippen LogP contribution < -0.4 is 5.73 Å². The first-order valence-electron chi connectivity index (χ1n) is 7.55. The van der Waals surface area contributed by atoms with Crippen molar-refractivity contribution < 1.29 is 0 Å². The van der Waals surface area contributed by atoms with Gasteiger partial charge in [0.2, 0.25) is 0 Å². The lowest BCUT2D eigenvalue weighted by molar-refractivity contribution is 0.515. The fourth-order valence-electron chi connectivity index (χ4n) is 3.01. The number of rotatable bonds is 4. The normalized spacial score (nSPS) is 18.2. The molecule has 2 N–H and O–H groups in total. The minimum atomic E-state index is 0.106. The third-order valence-corrected chi connectivity index (χ3v) is 5.64. The molecule has 0 radical (unpaired) electrons. The quantitative estimate of drug-likeness (QED) is 0.910. The number of pyridine rings is 1. The van der Waals surface area contributed by atoms with E-state index in [9.17, 15) is 0 Å². The van der Waals surface area contributed by atoms with Gasteiger partial charge in [-0.15, -0.1) is 0 Å². The maximum atomic E-state index is 6.43. The van der Waals surface area contributed by atoms with Gasteiger partial charge >= 0.3 is 0 Å². The molecule has 20 heavy (non-hydrogen) atoms. The Labute approximate surface area is 125 Å². The van der Waals surface area contributed by atoms with E-state index < -0.39 is 0 Å². The zero-order valence-electron chi connectivity index (χ0n) is 11.8. The Balaban J connectivity index is 1.70. The second-order valence-electron chi connectivity index (χ2n) is 5.62. The smallest absolute Gasteiger partial charge is 0.0705 e. The average Bonchev–Trinajstić information content (AvgIpc) is 2.53. The van der Waals surface area contributed by atoms with Crippen molar-refractivity contribution in [3.8, 4) is 0 Å². The van der Waals surface area contributed by atoms with E-state index in [2.05, 4.69) is 41.0 Å². The lowest BCUT2D eigenvalue weighted by Gasteiger charge is -2.23. The van der Waals surface area contributed by atoms with Crippen molar-refractivity contribution in [1.82, 2.24) is 4.98 Å². The van der Waals surface area contributed by atoms with Crippen molar-refractivity contribution in [3.63, 3.8) is 0 Å². The first kappa shape index (κ1) is 13.9. The molecule has 3 rings (SSSR count). The molecule has 1 saturated carbocycles. The van der Waals surface area contributed by atoms with Crippen molar-refractivity contribution in [2.75, 3.05) is 5.75 Å². The molecule has 1 aromatic carbocycles. The highest BCUT2D eigenvalue weighted by Gasteiger charge is 2.16. The van der Waals surface area contributed by atoms with E-state index in [1.54, 1.807) is 0 Å². The third-order valence-electron chi connectivity index (χ3n) is 4.14. The Morgan fingerprint density at radius 2 is 2.00 bits per heavy atom. The summed E-state index contributed by atoms with van der Waals surface area (Å²) in [6.07, 6.45) is 8.78. The van der Waals surface area contributed by atoms with Crippen LogP contribution in [-0.2, 0) is 0 Å². The van der Waals surface area contributed by atoms with Crippen molar-refractivity contribution in [2.45, 2.75) is 43.4 Å². The number of thioether (sulfide) groups is 1. The fraction of sp³-hybridized carbons (Fsp3) is 0.471. The molecule has 1 aliphatic carbocycles. The van der Waals surface area contributed by atoms with Crippen LogP contribution in [0.1, 0.15) is 43.7 Å². The molecule has 1 fully saturated rings. The Bertz CT molecular complexity index is 558. The number of fused-ring (bicyclic) bond motifs is 1. The Kier molecular flexibility index (Phi) is 4.58. The van der Waals surface area contributed by atoms with E-state index >= 15 is 0 Å². The SMILES string of the molecule is NC(CSC1CCCCC1)c1cccc2ncccc12. The predicted octanol–water partition coefficient (Wildman–Crippen LogP) is 4.30. The fourth-order valence-corrected chi connectivity index (χ4v) is 4.34. The Morgan fingerprint density at radius 1 is 1.15 bits per heavy atom. The number of hydrogen-bond acceptors (Lipinski definition) is 3. The minimum Gasteiger partial charge on any atom is -0.323 e. The zero-order chi connectivity index (χ0) is 13.8. The van der Waals surface area contributed by atoms with E-state index in [-0.39, 0.29) is 6.04 Å². The van der Waals surface area contributed by atoms with E-state index in [1.807, 2.05) is 12.3 Å². The van der Waals surface area contributed by atoms with Crippen LogP contribution in [0.4, 0.5) is 0 Å². The Hall–Kier alpha value is -1.06. The zero-order valence-corrected chi connectivity index (χ0v) is 12.6. The summed E-state index contributed by atoms with van der Waals surface area (Å²) < 4.78 is 0. The van der Waals surface area contributed by atoms with E-state index in [0.29, 0.717) is 0 Å². The van der Waals surface area contributed by atoms with Gasteiger partial charge in [-0.05, 0) is 30.5 Å². The van der Waals surface area contributed by atoms with Gasteiger partial charge in [-0.2, -0.15) is 11.8 Å². The van der Waals surface area contributed by atoms with E-state index in [0.717, 1.165) is 16.5 Å². The first-order chi connectivity index (χ1) is 9.84. The maximum Gasteiger partial charge on any atom is 0.0705 e. The molecule has 2 aromatic rings. The van der Waals surface area contributed by atoms with E-state index in [4.69, 9.17) is 5.73 Å². The third kappa shape index (κ3) is 3.15. The summed E-state index contributed by atoms with van der Waals surface area (Å²) in [5.74, 6) is 1.01. The number of hydrogen-bond donors (Lipinski definition) is 1. The molecule has 0 amide bonds. The summed E-state index contributed by atoms with van der Waals surface area (Å²) in [5, 5.41) is 2.02. The highest BCUT2D eigenvalue weighted by molar-refractivity contribution is 7.99. The van der Waals surface area contributed by atoms with Gasteiger partial charge in [-0.1, -0.05) is 37.5 Å². The molecular weight excluding hydrogens is 264 g/mol. The van der Waals surface area contributed by atoms with Gasteiger partial charge in [0.05, 0.1) is 5.52 Å². The van der Waals surface area contributed by atoms with Crippen LogP contribution in [-0.4, -0.2) is 16.0 Å². The molecule has 0 aliphatic heterocycles. The van der Waals surface area contributed by atoms with Gasteiger partial charge in [0, 0.05) is 28.6 Å². The van der Waals surface area contributed by atoms with E-state index in [1.165, 1.54) is 43.1 Å². The Morgan fingerprint density at radius 3 is 2.85 bits per heavy atom. The summed E-state index contributed by atoms with van der Waals surface area (Å²) >= 11 is 2.06. The summed E-state index contributed by atoms with van der Waals surface area (Å²) in [7, 11) is 0. The van der Waals surface area contributed by atoms with Crippen molar-refractivity contribution >= 4 is 22.7 Å². The number of aromatic nitrogens is 1. The largest absolute Gasteiger partial charge is 0.323 e. The number of nitrogens with two attached hydrogens (primary N) is 1. The van der Waals surface area contributed by atoms with Gasteiger partial charge in [-0.25, -0.2) is 0 Å². The molecule has 3 heteroatoms. The van der Waals surface area contributed by atoms with Crippen LogP contribution in [0.3, 0.4) is 0 Å². The van der Waals surface area contributed by atoms with Crippen LogP contribution in [0.25, 0.3) is 10.9 Å². The molecule has 0 spiro atoms. The lowest BCUT2D eigenvalue weighted by Crippen LogP contribution is -2.17. The molecule has 0 saturated heterocycles. The maximum absolute atomic E-state index is 6.43. The monoisotopic (exact) mass is 286 g/mol. The van der Waals surface area contributed by atoms with Gasteiger partial charge in [0.25, 0.3) is 0 Å². The molecule has 1 heterocycles. The molecule has 106 valence electrons. The second-order valence-corrected chi connectivity index (χ2v) is 6.95. The van der Waals surface area contributed by atoms with Gasteiger partial charge in [0.15, 0.2) is 0 Å². The molecule has 0 bridgehead atoms. The van der Waals surface area contributed by atoms with Crippen LogP contribution in [0.15, 0.2) is 36.5 Å². The van der Waals surface area contributed by atoms with Gasteiger partial charge < -0.3 is 5.73 Å². The number of benzene rings is 1. The number of nitrogens with zero attached hydrogens (tertiary/aromatic N) is 1. The van der Waals surface area contributed by atoms with Crippen LogP contribution in [0.2, 0.25) is 0 Å². The average molecular weight is 286 g/mol. The predicted molar refractivity (Wildman–Crippen MR) is 88.0 cm³/mol. The van der Waals surface area contributed by atoms with Crippen molar-refractivity contribution in [1.29, 1.82) is 0 Å².